The van der Waals surface area contributed by atoms with E-state index in [2.05, 4.69) is 93.5 Å². The van der Waals surface area contributed by atoms with Gasteiger partial charge in [0.1, 0.15) is 5.84 Å². The number of nitrogens with zero attached hydrogens (tertiary/aromatic N) is 1. The molecule has 0 fully saturated rings. The maximum Gasteiger partial charge on any atom is 0.125 e. The van der Waals surface area contributed by atoms with E-state index in [4.69, 9.17) is 11.6 Å². The van der Waals surface area contributed by atoms with Crippen LogP contribution in [0.5, 0.6) is 0 Å². The molecule has 0 saturated heterocycles. The molecule has 0 heterocycles. The van der Waals surface area contributed by atoms with E-state index in [0.717, 1.165) is 16.7 Å². The molecule has 3 rings (SSSR count). The van der Waals surface area contributed by atoms with E-state index in [-0.39, 0.29) is 5.41 Å². The van der Waals surface area contributed by atoms with E-state index >= 15 is 0 Å². The van der Waals surface area contributed by atoms with Crippen LogP contribution in [-0.4, -0.2) is 5.84 Å². The van der Waals surface area contributed by atoms with E-state index < -0.39 is 0 Å². The third kappa shape index (κ3) is 3.87. The van der Waals surface area contributed by atoms with Gasteiger partial charge in [0, 0.05) is 11.8 Å². The van der Waals surface area contributed by atoms with Crippen molar-refractivity contribution in [3.8, 4) is 0 Å². The third-order valence-corrected chi connectivity index (χ3v) is 5.60. The highest BCUT2D eigenvalue weighted by molar-refractivity contribution is 5.83. The van der Waals surface area contributed by atoms with Crippen molar-refractivity contribution in [1.82, 2.24) is 5.53 Å². The number of nitrogens with two attached hydrogens (primary N) is 2. The summed E-state index contributed by atoms with van der Waals surface area (Å²) in [4.78, 5) is 0. The van der Waals surface area contributed by atoms with Crippen molar-refractivity contribution >= 4 is 11.4 Å². The second-order valence-corrected chi connectivity index (χ2v) is 8.21. The number of rotatable bonds is 5. The lowest BCUT2D eigenvalue weighted by molar-refractivity contribution is 0.631. The van der Waals surface area contributed by atoms with Gasteiger partial charge in [0.05, 0.1) is 0 Å². The van der Waals surface area contributed by atoms with Crippen LogP contribution in [0, 0.1) is 6.92 Å². The number of fused-ring (bicyclic) bond motifs is 1. The first-order valence-electron chi connectivity index (χ1n) is 9.63. The number of allylic oxidation sites excluding steroid dienone is 2. The van der Waals surface area contributed by atoms with Crippen molar-refractivity contribution < 1.29 is 0 Å². The van der Waals surface area contributed by atoms with Crippen LogP contribution in [-0.2, 0) is 11.8 Å². The Morgan fingerprint density at radius 1 is 1.21 bits per heavy atom. The smallest absolute Gasteiger partial charge is 0.125 e. The number of hydrazine groups is 1. The standard InChI is InChI=1S/C24H30N4/c1-15-10-11-24(4,5)22-14-20(16(2)12-21(15)22)17(3)19-8-6-18(7-9-19)13-23(25)27-28-26/h6-12,14-15,28H,3,13,26H2,1-2,4-5H3,(H2,25,27). The fraction of sp³-hybridized carbons (Fsp3) is 0.292. The van der Waals surface area contributed by atoms with Gasteiger partial charge < -0.3 is 5.73 Å². The van der Waals surface area contributed by atoms with Gasteiger partial charge in [0.25, 0.3) is 0 Å². The highest BCUT2D eigenvalue weighted by Crippen LogP contribution is 2.40. The third-order valence-electron chi connectivity index (χ3n) is 5.60. The zero-order valence-corrected chi connectivity index (χ0v) is 17.2. The molecule has 28 heavy (non-hydrogen) atoms. The van der Waals surface area contributed by atoms with Crippen molar-refractivity contribution in [2.24, 2.45) is 16.7 Å². The molecular weight excluding hydrogens is 344 g/mol. The maximum absolute atomic E-state index is 5.81. The Morgan fingerprint density at radius 3 is 2.54 bits per heavy atom. The molecular formula is C24H30N4. The molecule has 0 bridgehead atoms. The van der Waals surface area contributed by atoms with Crippen LogP contribution in [0.1, 0.15) is 60.1 Å². The molecule has 0 radical (unpaired) electrons. The monoisotopic (exact) mass is 374 g/mol. The molecule has 1 atom stereocenters. The zero-order chi connectivity index (χ0) is 20.5. The van der Waals surface area contributed by atoms with Gasteiger partial charge in [0.2, 0.25) is 0 Å². The number of benzene rings is 2. The second kappa shape index (κ2) is 7.64. The van der Waals surface area contributed by atoms with Gasteiger partial charge in [-0.2, -0.15) is 5.10 Å². The van der Waals surface area contributed by atoms with Gasteiger partial charge in [-0.15, -0.1) is 0 Å². The Bertz CT molecular complexity index is 949. The normalized spacial score (nSPS) is 17.9. The topological polar surface area (TPSA) is 76.4 Å². The predicted octanol–water partition coefficient (Wildman–Crippen LogP) is 4.29. The fourth-order valence-corrected chi connectivity index (χ4v) is 3.88. The number of hydrogen-bond donors (Lipinski definition) is 3. The van der Waals surface area contributed by atoms with Gasteiger partial charge in [-0.25, -0.2) is 11.4 Å². The Hall–Kier alpha value is -2.85. The minimum Gasteiger partial charge on any atom is -0.385 e. The largest absolute Gasteiger partial charge is 0.385 e. The number of amidine groups is 1. The summed E-state index contributed by atoms with van der Waals surface area (Å²) < 4.78 is 0. The van der Waals surface area contributed by atoms with E-state index in [9.17, 15) is 0 Å². The second-order valence-electron chi connectivity index (χ2n) is 8.21. The van der Waals surface area contributed by atoms with Crippen LogP contribution in [0.4, 0.5) is 0 Å². The average molecular weight is 375 g/mol. The number of nitrogens with one attached hydrogen (secondary N) is 1. The van der Waals surface area contributed by atoms with Crippen LogP contribution < -0.4 is 17.1 Å². The van der Waals surface area contributed by atoms with Crippen molar-refractivity contribution in [3.63, 3.8) is 0 Å². The SMILES string of the molecule is C=C(c1ccc(C/C(N)=N/NN)cc1)c1cc2c(cc1C)C(C)C=CC2(C)C. The van der Waals surface area contributed by atoms with Crippen molar-refractivity contribution in [1.29, 1.82) is 0 Å². The molecule has 0 saturated carbocycles. The lowest BCUT2D eigenvalue weighted by Crippen LogP contribution is -2.23. The molecule has 1 aliphatic rings. The minimum atomic E-state index is 0.0301. The van der Waals surface area contributed by atoms with E-state index in [1.54, 1.807) is 0 Å². The molecule has 146 valence electrons. The van der Waals surface area contributed by atoms with Crippen LogP contribution in [0.15, 0.2) is 60.2 Å². The summed E-state index contributed by atoms with van der Waals surface area (Å²) in [5.41, 5.74) is 16.6. The van der Waals surface area contributed by atoms with Crippen LogP contribution >= 0.6 is 0 Å². The van der Waals surface area contributed by atoms with Crippen LogP contribution in [0.3, 0.4) is 0 Å². The first kappa shape index (κ1) is 19.9. The van der Waals surface area contributed by atoms with E-state index in [0.29, 0.717) is 18.2 Å². The van der Waals surface area contributed by atoms with Crippen molar-refractivity contribution in [2.45, 2.75) is 45.4 Å². The first-order chi connectivity index (χ1) is 13.2. The van der Waals surface area contributed by atoms with Gasteiger partial charge in [-0.3, -0.25) is 0 Å². The quantitative estimate of drug-likeness (QED) is 0.240. The number of aryl methyl sites for hydroxylation is 1. The van der Waals surface area contributed by atoms with Gasteiger partial charge in [0.15, 0.2) is 0 Å². The maximum atomic E-state index is 5.81. The lowest BCUT2D eigenvalue weighted by atomic mass is 9.72. The first-order valence-corrected chi connectivity index (χ1v) is 9.63. The molecule has 1 aliphatic carbocycles. The Balaban J connectivity index is 1.92. The van der Waals surface area contributed by atoms with E-state index in [1.807, 2.05) is 0 Å². The summed E-state index contributed by atoms with van der Waals surface area (Å²) in [6.45, 7) is 13.4. The minimum absolute atomic E-state index is 0.0301. The molecule has 4 nitrogen and oxygen atoms in total. The van der Waals surface area contributed by atoms with E-state index in [1.165, 1.54) is 22.3 Å². The zero-order valence-electron chi connectivity index (χ0n) is 17.2. The highest BCUT2D eigenvalue weighted by atomic mass is 15.5. The number of hydrazone groups is 1. The molecule has 0 aromatic heterocycles. The molecule has 4 heteroatoms. The molecule has 2 aromatic carbocycles. The molecule has 0 amide bonds. The van der Waals surface area contributed by atoms with Crippen molar-refractivity contribution in [3.05, 3.63) is 88.5 Å². The molecule has 5 N–H and O–H groups in total. The lowest BCUT2D eigenvalue weighted by Gasteiger charge is -2.32. The summed E-state index contributed by atoms with van der Waals surface area (Å²) in [6.07, 6.45) is 5.18. The Morgan fingerprint density at radius 2 is 1.89 bits per heavy atom. The molecule has 1 unspecified atom stereocenters. The Kier molecular flexibility index (Phi) is 5.43. The average Bonchev–Trinajstić information content (AvgIpc) is 2.65. The summed E-state index contributed by atoms with van der Waals surface area (Å²) >= 11 is 0. The van der Waals surface area contributed by atoms with Crippen LogP contribution in [0.2, 0.25) is 0 Å². The summed E-state index contributed by atoms with van der Waals surface area (Å²) in [6, 6.07) is 13.0. The molecule has 0 aliphatic heterocycles. The Labute approximate surface area is 168 Å². The predicted molar refractivity (Wildman–Crippen MR) is 119 cm³/mol. The summed E-state index contributed by atoms with van der Waals surface area (Å²) in [7, 11) is 0. The molecule has 2 aromatic rings. The number of hydrogen-bond acceptors (Lipinski definition) is 3. The molecule has 0 spiro atoms. The van der Waals surface area contributed by atoms with Gasteiger partial charge in [-0.05, 0) is 57.9 Å². The van der Waals surface area contributed by atoms with Gasteiger partial charge in [-0.1, -0.05) is 69.8 Å². The summed E-state index contributed by atoms with van der Waals surface area (Å²) in [5.74, 6) is 6.06. The van der Waals surface area contributed by atoms with Crippen LogP contribution in [0.25, 0.3) is 5.57 Å². The van der Waals surface area contributed by atoms with Crippen molar-refractivity contribution in [2.75, 3.05) is 0 Å². The summed E-state index contributed by atoms with van der Waals surface area (Å²) in [5, 5.41) is 3.80. The fourth-order valence-electron chi connectivity index (χ4n) is 3.88. The highest BCUT2D eigenvalue weighted by Gasteiger charge is 2.27. The van der Waals surface area contributed by atoms with Gasteiger partial charge >= 0.3 is 0 Å².